The monoisotopic (exact) mass is 934 g/mol. The largest absolute Gasteiger partial charge is 0.478 e. The maximum Gasteiger partial charge on any atom is 0.336 e. The quantitative estimate of drug-likeness (QED) is 0.162. The van der Waals surface area contributed by atoms with E-state index in [0.717, 1.165) is 0 Å². The van der Waals surface area contributed by atoms with E-state index >= 15 is 0 Å². The number of nitrogens with two attached hydrogens (primary N) is 1. The molecule has 12 heteroatoms. The summed E-state index contributed by atoms with van der Waals surface area (Å²) in [6.45, 7) is 11.1. The molecule has 3 aromatic rings. The van der Waals surface area contributed by atoms with Gasteiger partial charge < -0.3 is 20.4 Å². The van der Waals surface area contributed by atoms with E-state index < -0.39 is 5.97 Å². The van der Waals surface area contributed by atoms with Gasteiger partial charge in [0.15, 0.2) is 5.78 Å². The summed E-state index contributed by atoms with van der Waals surface area (Å²) < 4.78 is 0. The molecule has 0 atom stereocenters. The Kier molecular flexibility index (Phi) is 28.4. The molecule has 2 aromatic carbocycles. The molecule has 0 aliphatic rings. The summed E-state index contributed by atoms with van der Waals surface area (Å²) in [5, 5.41) is 9.42. The molecule has 0 amide bonds. The zero-order valence-corrected chi connectivity index (χ0v) is 30.3. The Hall–Kier alpha value is -1.88. The number of carbonyl (C=O) groups excluding carboxylic acids is 3. The van der Waals surface area contributed by atoms with Crippen LogP contribution in [-0.4, -0.2) is 34.4 Å². The summed E-state index contributed by atoms with van der Waals surface area (Å²) in [7, 11) is 0. The van der Waals surface area contributed by atoms with E-state index in [0.29, 0.717) is 10.7 Å². The molecule has 0 bridgehead atoms. The number of carbonyl (C=O) groups is 2. The van der Waals surface area contributed by atoms with Crippen LogP contribution in [-0.2, 0) is 51.7 Å². The third-order valence-electron chi connectivity index (χ3n) is 3.92. The number of rotatable bonds is 4. The van der Waals surface area contributed by atoms with Crippen molar-refractivity contribution < 1.29 is 66.4 Å². The van der Waals surface area contributed by atoms with Gasteiger partial charge in [-0.1, -0.05) is 80.7 Å². The van der Waals surface area contributed by atoms with Crippen LogP contribution < -0.4 is 5.73 Å². The van der Waals surface area contributed by atoms with E-state index in [-0.39, 0.29) is 86.0 Å². The first-order valence-corrected chi connectivity index (χ1v) is 12.1. The zero-order chi connectivity index (χ0) is 29.1. The Bertz CT molecular complexity index is 1110. The summed E-state index contributed by atoms with van der Waals surface area (Å²) in [4.78, 5) is 45.5. The molecule has 39 heavy (non-hydrogen) atoms. The predicted molar refractivity (Wildman–Crippen MR) is 151 cm³/mol. The van der Waals surface area contributed by atoms with E-state index in [2.05, 4.69) is 4.98 Å². The Labute approximate surface area is 273 Å². The number of hydrogen-bond acceptors (Lipinski definition) is 6. The number of carboxylic acids is 1. The molecule has 7 nitrogen and oxygen atoms in total. The van der Waals surface area contributed by atoms with Crippen molar-refractivity contribution in [3.05, 3.63) is 91.7 Å². The van der Waals surface area contributed by atoms with Gasteiger partial charge in [0.2, 0.25) is 0 Å². The Balaban J connectivity index is -0.000000216. The maximum atomic E-state index is 10.9. The van der Waals surface area contributed by atoms with Gasteiger partial charge in [0.05, 0.1) is 22.0 Å². The summed E-state index contributed by atoms with van der Waals surface area (Å²) in [6.07, 6.45) is 3.27. The van der Waals surface area contributed by atoms with Crippen LogP contribution in [0.2, 0.25) is 15.2 Å². The minimum absolute atomic E-state index is 0. The van der Waals surface area contributed by atoms with Crippen LogP contribution >= 0.6 is 34.8 Å². The molecule has 0 saturated heterocycles. The number of aromatic nitrogens is 1. The Morgan fingerprint density at radius 1 is 0.795 bits per heavy atom. The van der Waals surface area contributed by atoms with Gasteiger partial charge in [0.1, 0.15) is 10.2 Å². The number of nitrogen functional groups attached to an aromatic ring is 1. The second kappa shape index (κ2) is 25.1. The van der Waals surface area contributed by atoms with E-state index in [1.54, 1.807) is 43.8 Å². The third kappa shape index (κ3) is 15.5. The number of aromatic carboxylic acids is 1. The molecule has 3 rings (SSSR count). The fourth-order valence-corrected chi connectivity index (χ4v) is 2.84. The summed E-state index contributed by atoms with van der Waals surface area (Å²) >= 11 is 17.0. The number of benzene rings is 2. The molecule has 3 N–H and O–H groups in total. The first-order chi connectivity index (χ1) is 17.5. The smallest absolute Gasteiger partial charge is 0.336 e. The molecule has 0 radical (unpaired) electrons. The van der Waals surface area contributed by atoms with Crippen LogP contribution in [0.25, 0.3) is 0 Å². The number of pyridine rings is 1. The van der Waals surface area contributed by atoms with Crippen molar-refractivity contribution in [3.63, 3.8) is 0 Å². The second-order valence-electron chi connectivity index (χ2n) is 6.19. The first kappa shape index (κ1) is 44.1. The van der Waals surface area contributed by atoms with Crippen LogP contribution in [0.15, 0.2) is 48.5 Å². The number of aryl methyl sites for hydroxylation is 1. The van der Waals surface area contributed by atoms with Crippen molar-refractivity contribution in [2.75, 3.05) is 5.73 Å². The van der Waals surface area contributed by atoms with Crippen molar-refractivity contribution in [1.29, 1.82) is 0 Å². The Morgan fingerprint density at radius 3 is 1.51 bits per heavy atom. The molecule has 0 aliphatic heterocycles. The number of nitrogens with zero attached hydrogens (tertiary/aromatic N) is 1. The van der Waals surface area contributed by atoms with Gasteiger partial charge in [-0.25, -0.2) is 21.9 Å². The minimum atomic E-state index is -1.07. The number of Topliss-reactive ketones (excluding diaryl/α,β-unsaturated/α-hetero) is 1. The number of anilines is 1. The van der Waals surface area contributed by atoms with Gasteiger partial charge in [0.25, 0.3) is 0 Å². The molecule has 212 valence electrons. The van der Waals surface area contributed by atoms with E-state index in [9.17, 15) is 19.2 Å². The minimum Gasteiger partial charge on any atom is -0.478 e. The summed E-state index contributed by atoms with van der Waals surface area (Å²) in [6, 6.07) is 12.5. The average molecular weight is 936 g/mol. The molecule has 0 aliphatic carbocycles. The fraction of sp³-hybridized carbons (Fsp3) is 0.222. The van der Waals surface area contributed by atoms with Crippen LogP contribution in [0.4, 0.5) is 5.69 Å². The van der Waals surface area contributed by atoms with Crippen LogP contribution in [0.3, 0.4) is 0 Å². The second-order valence-corrected chi connectivity index (χ2v) is 7.30. The van der Waals surface area contributed by atoms with Crippen LogP contribution in [0.5, 0.6) is 0 Å². The van der Waals surface area contributed by atoms with Gasteiger partial charge in [-0.3, -0.25) is 15.9 Å². The first-order valence-electron chi connectivity index (χ1n) is 11.0. The van der Waals surface area contributed by atoms with Gasteiger partial charge >= 0.3 is 5.97 Å². The molecular formula is C27H29Cl3N2O5W2-2. The third-order valence-corrected chi connectivity index (χ3v) is 5.15. The van der Waals surface area contributed by atoms with Crippen molar-refractivity contribution in [2.24, 2.45) is 0 Å². The maximum absolute atomic E-state index is 10.9. The van der Waals surface area contributed by atoms with E-state index in [1.165, 1.54) is 31.2 Å². The number of hydrogen-bond donors (Lipinski definition) is 2. The normalized spacial score (nSPS) is 8.33. The van der Waals surface area contributed by atoms with Crippen molar-refractivity contribution in [3.8, 4) is 0 Å². The van der Waals surface area contributed by atoms with Gasteiger partial charge in [-0.15, -0.1) is 12.1 Å². The molecule has 1 heterocycles. The summed E-state index contributed by atoms with van der Waals surface area (Å²) in [5.74, 6) is -1.30. The van der Waals surface area contributed by atoms with E-state index in [4.69, 9.17) is 45.6 Å². The molecular weight excluding hydrogens is 906 g/mol. The summed E-state index contributed by atoms with van der Waals surface area (Å²) in [5.41, 5.74) is 7.20. The van der Waals surface area contributed by atoms with Crippen LogP contribution in [0, 0.1) is 6.92 Å². The van der Waals surface area contributed by atoms with Gasteiger partial charge in [-0.05, 0) is 32.5 Å². The molecule has 0 unspecified atom stereocenters. The topological polar surface area (TPSA) is 127 Å². The predicted octanol–water partition coefficient (Wildman–Crippen LogP) is 7.17. The average Bonchev–Trinajstić information content (AvgIpc) is 2.93. The van der Waals surface area contributed by atoms with Gasteiger partial charge in [-0.2, -0.15) is 0 Å². The van der Waals surface area contributed by atoms with Crippen molar-refractivity contribution >= 4 is 64.8 Å². The molecule has 0 spiro atoms. The van der Waals surface area contributed by atoms with Crippen molar-refractivity contribution in [1.82, 2.24) is 4.98 Å². The Morgan fingerprint density at radius 2 is 1.18 bits per heavy atom. The zero-order valence-electron chi connectivity index (χ0n) is 22.2. The SMILES string of the molecule is CC.CC.CC(=O)c1ccccc1C(=O)O.Cc1nc(Cl)c(Cl)c(N)c1Cl.O=[C-]c1ccccc1[C-]=O.[W].[W]. The van der Waals surface area contributed by atoms with Crippen LogP contribution in [0.1, 0.15) is 72.2 Å². The van der Waals surface area contributed by atoms with Gasteiger partial charge in [0, 0.05) is 47.7 Å². The molecule has 0 saturated carbocycles. The molecule has 1 aromatic heterocycles. The fourth-order valence-electron chi connectivity index (χ4n) is 2.29. The number of halogens is 3. The molecule has 0 fully saturated rings. The standard InChI is InChI=1S/C9H8O3.C8H4O2.C6H5Cl3N2.2C2H6.2W/c1-6(10)7-4-2-3-5-8(7)9(11)12;9-5-7-3-1-2-4-8(7)6-10;1-2-3(7)5(10)4(8)6(9)11-2;2*1-2;;/h2-5H,1H3,(H,11,12);1-4H;1H3,(H2,10,11);2*1-2H3;;/q;-2;;;;;. The number of carboxylic acid groups (broad SMARTS) is 1. The van der Waals surface area contributed by atoms with Crippen molar-refractivity contribution in [2.45, 2.75) is 41.5 Å². The number of ketones is 1. The van der Waals surface area contributed by atoms with E-state index in [1.807, 2.05) is 27.7 Å².